The zero-order chi connectivity index (χ0) is 41.9. The quantitative estimate of drug-likeness (QED) is 0.0935. The third kappa shape index (κ3) is 11.0. The van der Waals surface area contributed by atoms with Crippen LogP contribution in [0.15, 0.2) is 97.1 Å². The molecule has 12 nitrogen and oxygen atoms in total. The highest BCUT2D eigenvalue weighted by atomic mass is 19.1. The van der Waals surface area contributed by atoms with E-state index in [-0.39, 0.29) is 43.7 Å². The van der Waals surface area contributed by atoms with Crippen LogP contribution in [0, 0.1) is 5.82 Å². The first-order chi connectivity index (χ1) is 28.4. The number of fused-ring (bicyclic) bond motifs is 2. The number of nitrogens with one attached hydrogen (secondary N) is 3. The highest BCUT2D eigenvalue weighted by molar-refractivity contribution is 6.06. The number of carbonyl (C=O) groups excluding carboxylic acids is 6. The second kappa shape index (κ2) is 19.4. The number of unbranched alkanes of at least 4 members (excludes halogenated alkanes) is 2. The fourth-order valence-electron chi connectivity index (χ4n) is 7.57. The Morgan fingerprint density at radius 2 is 1.49 bits per heavy atom. The molecule has 1 aliphatic carbocycles. The van der Waals surface area contributed by atoms with Crippen molar-refractivity contribution in [3.05, 3.63) is 131 Å². The first-order valence-corrected chi connectivity index (χ1v) is 20.1. The van der Waals surface area contributed by atoms with Gasteiger partial charge in [-0.2, -0.15) is 0 Å². The number of nitrogens with zero attached hydrogens (tertiary/aromatic N) is 2. The molecule has 0 aromatic heterocycles. The van der Waals surface area contributed by atoms with Crippen molar-refractivity contribution in [1.29, 1.82) is 0 Å². The van der Waals surface area contributed by atoms with Gasteiger partial charge in [-0.05, 0) is 97.7 Å². The molecule has 6 rings (SSSR count). The van der Waals surface area contributed by atoms with Gasteiger partial charge in [-0.15, -0.1) is 0 Å². The molecular formula is C46H50FN5O7. The Labute approximate surface area is 343 Å². The lowest BCUT2D eigenvalue weighted by Crippen LogP contribution is -2.50. The van der Waals surface area contributed by atoms with Crippen LogP contribution in [-0.2, 0) is 60.1 Å². The lowest BCUT2D eigenvalue weighted by molar-refractivity contribution is -0.143. The minimum Gasteiger partial charge on any atom is -0.427 e. The Morgan fingerprint density at radius 1 is 0.797 bits per heavy atom. The van der Waals surface area contributed by atoms with Crippen LogP contribution in [-0.4, -0.2) is 64.6 Å². The molecule has 3 N–H and O–H groups in total. The number of carbonyl (C=O) groups is 6. The van der Waals surface area contributed by atoms with E-state index in [0.717, 1.165) is 41.7 Å². The molecule has 308 valence electrons. The topological polar surface area (TPSA) is 154 Å². The van der Waals surface area contributed by atoms with Crippen molar-refractivity contribution in [2.24, 2.45) is 0 Å². The predicted octanol–water partition coefficient (Wildman–Crippen LogP) is 6.81. The second-order valence-corrected chi connectivity index (χ2v) is 15.2. The van der Waals surface area contributed by atoms with Gasteiger partial charge in [0.1, 0.15) is 12.4 Å². The zero-order valence-corrected chi connectivity index (χ0v) is 33.4. The minimum atomic E-state index is -1.57. The van der Waals surface area contributed by atoms with Crippen LogP contribution >= 0.6 is 0 Å². The Bertz CT molecular complexity index is 2160. The molecule has 1 spiro atoms. The van der Waals surface area contributed by atoms with Crippen LogP contribution in [0.4, 0.5) is 20.6 Å². The number of imide groups is 1. The van der Waals surface area contributed by atoms with Gasteiger partial charge >= 0.3 is 6.09 Å². The Hall–Kier alpha value is -6.37. The molecule has 59 heavy (non-hydrogen) atoms. The number of rotatable bonds is 18. The Kier molecular flexibility index (Phi) is 13.9. The number of aryl methyl sites for hydroxylation is 3. The van der Waals surface area contributed by atoms with Gasteiger partial charge in [0.05, 0.1) is 0 Å². The van der Waals surface area contributed by atoms with Crippen molar-refractivity contribution in [1.82, 2.24) is 15.1 Å². The van der Waals surface area contributed by atoms with E-state index in [2.05, 4.69) is 28.1 Å². The van der Waals surface area contributed by atoms with Gasteiger partial charge in [-0.25, -0.2) is 14.1 Å². The van der Waals surface area contributed by atoms with Crippen molar-refractivity contribution < 1.29 is 37.9 Å². The van der Waals surface area contributed by atoms with Crippen molar-refractivity contribution in [3.8, 4) is 0 Å². The molecule has 0 saturated carbocycles. The summed E-state index contributed by atoms with van der Waals surface area (Å²) in [5.74, 6) is -2.17. The summed E-state index contributed by atoms with van der Waals surface area (Å²) in [6.45, 7) is 2.65. The number of ether oxygens (including phenoxy) is 1. The fraction of sp³-hybridized carbons (Fsp3) is 0.348. The summed E-state index contributed by atoms with van der Waals surface area (Å²) in [6, 6.07) is 27.8. The van der Waals surface area contributed by atoms with Crippen LogP contribution in [0.3, 0.4) is 0 Å². The number of amides is 6. The average molecular weight is 804 g/mol. The summed E-state index contributed by atoms with van der Waals surface area (Å²) in [6.07, 6.45) is 4.58. The molecule has 4 aromatic rings. The standard InChI is InChI=1S/C46H50FN5O7/c1-31(28-48-41(54)24-17-34-15-20-38(21-16-34)50-42(55)12-8-4-7-11-33-9-5-3-6-10-33)51(29-35-13-18-37(47)19-14-35)43(56)30-52-44(57)46(59-45(52)58)26-25-36-27-39(49-32(2)53)22-23-40(36)46/h3,5-6,9-10,13-16,18-23,27,31H,4,7-8,11-12,17,24-26,28-30H2,1-2H3,(H,48,54)(H,49,53)(H,50,55)/t31-,46+/m0/s1. The normalized spacial score (nSPS) is 16.0. The molecule has 0 unspecified atom stereocenters. The summed E-state index contributed by atoms with van der Waals surface area (Å²) in [5, 5.41) is 8.54. The van der Waals surface area contributed by atoms with Gasteiger partial charge in [0, 0.05) is 62.3 Å². The molecule has 2 atom stereocenters. The van der Waals surface area contributed by atoms with E-state index >= 15 is 0 Å². The molecule has 13 heteroatoms. The van der Waals surface area contributed by atoms with Gasteiger partial charge in [0.2, 0.25) is 29.2 Å². The Balaban J connectivity index is 0.992. The van der Waals surface area contributed by atoms with E-state index in [1.54, 1.807) is 37.3 Å². The van der Waals surface area contributed by atoms with Gasteiger partial charge in [-0.1, -0.05) is 67.1 Å². The van der Waals surface area contributed by atoms with Gasteiger partial charge in [0.25, 0.3) is 5.91 Å². The number of halogens is 1. The predicted molar refractivity (Wildman–Crippen MR) is 220 cm³/mol. The lowest BCUT2D eigenvalue weighted by Gasteiger charge is -2.31. The van der Waals surface area contributed by atoms with E-state index in [9.17, 15) is 33.2 Å². The maximum absolute atomic E-state index is 13.9. The van der Waals surface area contributed by atoms with E-state index in [4.69, 9.17) is 4.74 Å². The maximum atomic E-state index is 13.9. The summed E-state index contributed by atoms with van der Waals surface area (Å²) < 4.78 is 19.5. The molecule has 1 aliphatic heterocycles. The van der Waals surface area contributed by atoms with Crippen LogP contribution < -0.4 is 16.0 Å². The average Bonchev–Trinajstić information content (AvgIpc) is 3.70. The molecule has 4 aromatic carbocycles. The molecule has 0 radical (unpaired) electrons. The Morgan fingerprint density at radius 3 is 2.22 bits per heavy atom. The summed E-state index contributed by atoms with van der Waals surface area (Å²) in [7, 11) is 0. The first-order valence-electron chi connectivity index (χ1n) is 20.1. The van der Waals surface area contributed by atoms with Crippen LogP contribution in [0.1, 0.15) is 80.2 Å². The van der Waals surface area contributed by atoms with Crippen molar-refractivity contribution >= 4 is 47.0 Å². The third-order valence-electron chi connectivity index (χ3n) is 10.8. The molecule has 6 amide bonds. The number of benzene rings is 4. The zero-order valence-electron chi connectivity index (χ0n) is 33.4. The molecule has 1 saturated heterocycles. The molecular weight excluding hydrogens is 754 g/mol. The maximum Gasteiger partial charge on any atom is 0.418 e. The number of hydrogen-bond acceptors (Lipinski definition) is 7. The van der Waals surface area contributed by atoms with Crippen LogP contribution in [0.25, 0.3) is 0 Å². The lowest BCUT2D eigenvalue weighted by atomic mass is 9.94. The summed E-state index contributed by atoms with van der Waals surface area (Å²) >= 11 is 0. The molecule has 1 fully saturated rings. The van der Waals surface area contributed by atoms with Crippen molar-refractivity contribution in [3.63, 3.8) is 0 Å². The third-order valence-corrected chi connectivity index (χ3v) is 10.8. The van der Waals surface area contributed by atoms with E-state index in [1.807, 2.05) is 42.5 Å². The van der Waals surface area contributed by atoms with Gasteiger partial charge < -0.3 is 25.6 Å². The van der Waals surface area contributed by atoms with Crippen molar-refractivity contribution in [2.75, 3.05) is 23.7 Å². The largest absolute Gasteiger partial charge is 0.427 e. The summed E-state index contributed by atoms with van der Waals surface area (Å²) in [5.41, 5.74) is 3.78. The van der Waals surface area contributed by atoms with Crippen LogP contribution in [0.5, 0.6) is 0 Å². The van der Waals surface area contributed by atoms with Crippen molar-refractivity contribution in [2.45, 2.75) is 89.8 Å². The fourth-order valence-corrected chi connectivity index (χ4v) is 7.57. The van der Waals surface area contributed by atoms with Gasteiger partial charge in [0.15, 0.2) is 0 Å². The minimum absolute atomic E-state index is 0.0320. The van der Waals surface area contributed by atoms with E-state index < -0.39 is 41.9 Å². The van der Waals surface area contributed by atoms with E-state index in [0.29, 0.717) is 41.8 Å². The second-order valence-electron chi connectivity index (χ2n) is 15.2. The smallest absolute Gasteiger partial charge is 0.418 e. The van der Waals surface area contributed by atoms with Crippen LogP contribution in [0.2, 0.25) is 0 Å². The number of hydrogen-bond donors (Lipinski definition) is 3. The molecule has 0 bridgehead atoms. The SMILES string of the molecule is CC(=O)Nc1ccc2c(c1)CC[C@@]21OC(=O)N(CC(=O)N(Cc2ccc(F)cc2)[C@@H](C)CNC(=O)CCc2ccc(NC(=O)CCCCCc3ccccc3)cc2)C1=O. The first kappa shape index (κ1) is 42.2. The molecule has 2 aliphatic rings. The summed E-state index contributed by atoms with van der Waals surface area (Å²) in [4.78, 5) is 80.3. The highest BCUT2D eigenvalue weighted by Gasteiger charge is 2.58. The monoisotopic (exact) mass is 803 g/mol. The number of anilines is 2. The molecule has 1 heterocycles. The van der Waals surface area contributed by atoms with Gasteiger partial charge in [-0.3, -0.25) is 24.0 Å². The highest BCUT2D eigenvalue weighted by Crippen LogP contribution is 2.46. The van der Waals surface area contributed by atoms with E-state index in [1.165, 1.54) is 29.5 Å².